The molecule has 4 nitrogen and oxygen atoms in total. The highest BCUT2D eigenvalue weighted by molar-refractivity contribution is 6.74. The Morgan fingerprint density at radius 2 is 1.85 bits per heavy atom. The predicted octanol–water partition coefficient (Wildman–Crippen LogP) is 2.83. The van der Waals surface area contributed by atoms with Crippen molar-refractivity contribution in [2.24, 2.45) is 0 Å². The van der Waals surface area contributed by atoms with Crippen LogP contribution in [0.15, 0.2) is 12.2 Å². The van der Waals surface area contributed by atoms with Crippen LogP contribution in [0.25, 0.3) is 0 Å². The molecule has 0 aromatic heterocycles. The lowest BCUT2D eigenvalue weighted by molar-refractivity contribution is -0.168. The molecule has 1 heterocycles. The van der Waals surface area contributed by atoms with Crippen LogP contribution in [-0.2, 0) is 13.9 Å². The first kappa shape index (κ1) is 16.2. The molecule has 1 N–H and O–H groups in total. The van der Waals surface area contributed by atoms with Gasteiger partial charge in [0.15, 0.2) is 14.1 Å². The minimum atomic E-state index is -1.89. The molecule has 116 valence electrons. The van der Waals surface area contributed by atoms with E-state index in [1.54, 1.807) is 6.08 Å². The first-order chi connectivity index (χ1) is 8.86. The van der Waals surface area contributed by atoms with Gasteiger partial charge in [-0.3, -0.25) is 0 Å². The number of hydrogen-bond donors (Lipinski definition) is 1. The van der Waals surface area contributed by atoms with Crippen molar-refractivity contribution in [3.63, 3.8) is 0 Å². The van der Waals surface area contributed by atoms with Crippen LogP contribution < -0.4 is 0 Å². The van der Waals surface area contributed by atoms with Gasteiger partial charge in [-0.2, -0.15) is 0 Å². The molecule has 2 aliphatic rings. The van der Waals surface area contributed by atoms with Gasteiger partial charge in [0.05, 0.1) is 6.61 Å². The molecule has 0 spiro atoms. The average Bonchev–Trinajstić information content (AvgIpc) is 2.71. The summed E-state index contributed by atoms with van der Waals surface area (Å²) in [5, 5.41) is 11.0. The molecule has 1 saturated heterocycles. The molecule has 0 radical (unpaired) electrons. The quantitative estimate of drug-likeness (QED) is 0.643. The van der Waals surface area contributed by atoms with Crippen LogP contribution in [0.5, 0.6) is 0 Å². The lowest BCUT2D eigenvalue weighted by Gasteiger charge is -2.39. The van der Waals surface area contributed by atoms with Crippen LogP contribution in [0.3, 0.4) is 0 Å². The number of rotatable bonds is 3. The van der Waals surface area contributed by atoms with Gasteiger partial charge < -0.3 is 19.0 Å². The van der Waals surface area contributed by atoms with E-state index in [0.717, 1.165) is 0 Å². The molecule has 3 unspecified atom stereocenters. The van der Waals surface area contributed by atoms with Gasteiger partial charge in [0.25, 0.3) is 0 Å². The molecular weight excluding hydrogens is 272 g/mol. The molecule has 0 aromatic rings. The van der Waals surface area contributed by atoms with Crippen LogP contribution in [0.2, 0.25) is 18.1 Å². The highest BCUT2D eigenvalue weighted by Gasteiger charge is 2.54. The summed E-state index contributed by atoms with van der Waals surface area (Å²) in [5.41, 5.74) is -1.09. The van der Waals surface area contributed by atoms with Crippen LogP contribution in [0.4, 0.5) is 0 Å². The van der Waals surface area contributed by atoms with E-state index >= 15 is 0 Å². The maximum absolute atomic E-state index is 10.8. The average molecular weight is 300 g/mol. The summed E-state index contributed by atoms with van der Waals surface area (Å²) in [6.45, 7) is 14.9. The second-order valence-electron chi connectivity index (χ2n) is 7.92. The van der Waals surface area contributed by atoms with E-state index in [9.17, 15) is 5.11 Å². The molecule has 1 aliphatic carbocycles. The Hall–Kier alpha value is -0.203. The van der Waals surface area contributed by atoms with Crippen molar-refractivity contribution in [3.8, 4) is 0 Å². The molecule has 1 fully saturated rings. The van der Waals surface area contributed by atoms with Crippen molar-refractivity contribution in [2.45, 2.75) is 76.3 Å². The summed E-state index contributed by atoms with van der Waals surface area (Å²) < 4.78 is 17.8. The first-order valence-corrected chi connectivity index (χ1v) is 10.2. The van der Waals surface area contributed by atoms with Gasteiger partial charge >= 0.3 is 0 Å². The zero-order valence-electron chi connectivity index (χ0n) is 13.7. The number of aliphatic hydroxyl groups is 1. The van der Waals surface area contributed by atoms with Crippen LogP contribution >= 0.6 is 0 Å². The fourth-order valence-corrected chi connectivity index (χ4v) is 3.34. The predicted molar refractivity (Wildman–Crippen MR) is 81.1 cm³/mol. The van der Waals surface area contributed by atoms with Gasteiger partial charge in [-0.25, -0.2) is 0 Å². The van der Waals surface area contributed by atoms with Gasteiger partial charge in [-0.1, -0.05) is 26.8 Å². The Labute approximate surface area is 123 Å². The Morgan fingerprint density at radius 3 is 2.40 bits per heavy atom. The van der Waals surface area contributed by atoms with Crippen LogP contribution in [0.1, 0.15) is 34.6 Å². The maximum Gasteiger partial charge on any atom is 0.192 e. The van der Waals surface area contributed by atoms with E-state index < -0.39 is 19.7 Å². The number of ether oxygens (including phenoxy) is 2. The van der Waals surface area contributed by atoms with Gasteiger partial charge in [0.1, 0.15) is 17.8 Å². The third-order valence-electron chi connectivity index (χ3n) is 4.67. The monoisotopic (exact) mass is 300 g/mol. The zero-order chi connectivity index (χ0) is 15.4. The van der Waals surface area contributed by atoms with E-state index in [-0.39, 0.29) is 23.9 Å². The molecule has 0 amide bonds. The fraction of sp³-hybridized carbons (Fsp3) is 0.867. The summed E-state index contributed by atoms with van der Waals surface area (Å²) in [6.07, 6.45) is 3.10. The van der Waals surface area contributed by atoms with Crippen molar-refractivity contribution in [2.75, 3.05) is 6.61 Å². The smallest absolute Gasteiger partial charge is 0.192 e. The lowest BCUT2D eigenvalue weighted by Crippen LogP contribution is -2.51. The molecule has 0 saturated carbocycles. The summed E-state index contributed by atoms with van der Waals surface area (Å²) in [7, 11) is -1.89. The Kier molecular flexibility index (Phi) is 3.76. The molecule has 0 aromatic carbocycles. The molecule has 0 bridgehead atoms. The summed E-state index contributed by atoms with van der Waals surface area (Å²) >= 11 is 0. The summed E-state index contributed by atoms with van der Waals surface area (Å²) in [5.74, 6) is -0.648. The van der Waals surface area contributed by atoms with Crippen molar-refractivity contribution in [1.82, 2.24) is 0 Å². The van der Waals surface area contributed by atoms with E-state index in [1.807, 2.05) is 19.9 Å². The maximum atomic E-state index is 10.8. The SMILES string of the molecule is CC1(C)OC2C=CC(O)(CO[Si](C)(C)C(C)(C)C)C2O1. The topological polar surface area (TPSA) is 47.9 Å². The minimum Gasteiger partial charge on any atom is -0.413 e. The van der Waals surface area contributed by atoms with Crippen molar-refractivity contribution >= 4 is 8.32 Å². The van der Waals surface area contributed by atoms with Crippen molar-refractivity contribution in [3.05, 3.63) is 12.2 Å². The van der Waals surface area contributed by atoms with Gasteiger partial charge in [0, 0.05) is 0 Å². The van der Waals surface area contributed by atoms with E-state index in [1.165, 1.54) is 0 Å². The normalized spacial score (nSPS) is 36.4. The fourth-order valence-electron chi connectivity index (χ4n) is 2.32. The number of fused-ring (bicyclic) bond motifs is 1. The summed E-state index contributed by atoms with van der Waals surface area (Å²) in [4.78, 5) is 0. The Balaban J connectivity index is 2.05. The highest BCUT2D eigenvalue weighted by Crippen LogP contribution is 2.42. The third-order valence-corrected chi connectivity index (χ3v) is 9.15. The Morgan fingerprint density at radius 1 is 1.25 bits per heavy atom. The van der Waals surface area contributed by atoms with Crippen molar-refractivity contribution < 1.29 is 19.0 Å². The second-order valence-corrected chi connectivity index (χ2v) is 12.7. The molecule has 2 rings (SSSR count). The number of hydrogen-bond acceptors (Lipinski definition) is 4. The van der Waals surface area contributed by atoms with Crippen LogP contribution in [0, 0.1) is 0 Å². The Bertz CT molecular complexity index is 411. The lowest BCUT2D eigenvalue weighted by atomic mass is 10.0. The third kappa shape index (κ3) is 2.87. The summed E-state index contributed by atoms with van der Waals surface area (Å²) in [6, 6.07) is 0. The van der Waals surface area contributed by atoms with Crippen LogP contribution in [-0.4, -0.2) is 43.6 Å². The van der Waals surface area contributed by atoms with E-state index in [0.29, 0.717) is 0 Å². The van der Waals surface area contributed by atoms with Crippen molar-refractivity contribution in [1.29, 1.82) is 0 Å². The first-order valence-electron chi connectivity index (χ1n) is 7.28. The van der Waals surface area contributed by atoms with Gasteiger partial charge in [-0.15, -0.1) is 0 Å². The molecule has 3 atom stereocenters. The highest BCUT2D eigenvalue weighted by atomic mass is 28.4. The van der Waals surface area contributed by atoms with Gasteiger partial charge in [0.2, 0.25) is 0 Å². The molecule has 20 heavy (non-hydrogen) atoms. The standard InChI is InChI=1S/C15H28O4Si/c1-13(2,3)20(6,7)17-10-15(16)9-8-11-12(15)19-14(4,5)18-11/h8-9,11-12,16H,10H2,1-7H3. The largest absolute Gasteiger partial charge is 0.413 e. The molecular formula is C15H28O4Si. The van der Waals surface area contributed by atoms with E-state index in [2.05, 4.69) is 33.9 Å². The second kappa shape index (κ2) is 4.65. The zero-order valence-corrected chi connectivity index (χ0v) is 14.7. The van der Waals surface area contributed by atoms with Gasteiger partial charge in [-0.05, 0) is 38.1 Å². The minimum absolute atomic E-state index is 0.122. The molecule has 1 aliphatic heterocycles. The van der Waals surface area contributed by atoms with E-state index in [4.69, 9.17) is 13.9 Å². The molecule has 5 heteroatoms.